The molecular formula is C24H26N2O3S. The van der Waals surface area contributed by atoms with Gasteiger partial charge in [-0.2, -0.15) is 0 Å². The Morgan fingerprint density at radius 3 is 2.20 bits per heavy atom. The Morgan fingerprint density at radius 1 is 0.900 bits per heavy atom. The van der Waals surface area contributed by atoms with Crippen LogP contribution in [0.2, 0.25) is 0 Å². The molecule has 6 heteroatoms. The highest BCUT2D eigenvalue weighted by molar-refractivity contribution is 7.92. The maximum Gasteiger partial charge on any atom is 0.261 e. The van der Waals surface area contributed by atoms with Gasteiger partial charge in [0.15, 0.2) is 0 Å². The largest absolute Gasteiger partial charge is 0.350 e. The normalized spacial score (nSPS) is 12.2. The minimum atomic E-state index is -3.72. The first-order valence-corrected chi connectivity index (χ1v) is 11.4. The lowest BCUT2D eigenvalue weighted by atomic mass is 10.1. The van der Waals surface area contributed by atoms with Gasteiger partial charge in [0, 0.05) is 11.6 Å². The first-order chi connectivity index (χ1) is 14.3. The molecule has 2 N–H and O–H groups in total. The second-order valence-corrected chi connectivity index (χ2v) is 9.03. The summed E-state index contributed by atoms with van der Waals surface area (Å²) in [6.07, 6.45) is 1.70. The fourth-order valence-corrected chi connectivity index (χ4v) is 4.21. The smallest absolute Gasteiger partial charge is 0.261 e. The van der Waals surface area contributed by atoms with Gasteiger partial charge in [-0.05, 0) is 68.1 Å². The van der Waals surface area contributed by atoms with E-state index in [1.54, 1.807) is 12.1 Å². The molecule has 0 bridgehead atoms. The van der Waals surface area contributed by atoms with E-state index >= 15 is 0 Å². The summed E-state index contributed by atoms with van der Waals surface area (Å²) in [5.74, 6) is -0.216. The van der Waals surface area contributed by atoms with Crippen LogP contribution in [0.25, 0.3) is 0 Å². The van der Waals surface area contributed by atoms with Crippen molar-refractivity contribution in [1.29, 1.82) is 0 Å². The molecule has 0 saturated heterocycles. The molecule has 0 spiro atoms. The lowest BCUT2D eigenvalue weighted by molar-refractivity contribution is 0.0938. The average Bonchev–Trinajstić information content (AvgIpc) is 2.74. The number of rotatable bonds is 8. The molecule has 0 aromatic heterocycles. The predicted octanol–water partition coefficient (Wildman–Crippen LogP) is 4.55. The molecular weight excluding hydrogens is 396 g/mol. The van der Waals surface area contributed by atoms with E-state index in [0.717, 1.165) is 18.4 Å². The van der Waals surface area contributed by atoms with Crippen molar-refractivity contribution in [2.45, 2.75) is 37.6 Å². The summed E-state index contributed by atoms with van der Waals surface area (Å²) in [4.78, 5) is 12.6. The van der Waals surface area contributed by atoms with Crippen LogP contribution < -0.4 is 10.0 Å². The number of hydrogen-bond acceptors (Lipinski definition) is 3. The van der Waals surface area contributed by atoms with Crippen molar-refractivity contribution < 1.29 is 13.2 Å². The number of sulfonamides is 1. The monoisotopic (exact) mass is 422 g/mol. The van der Waals surface area contributed by atoms with E-state index in [0.29, 0.717) is 11.3 Å². The van der Waals surface area contributed by atoms with Gasteiger partial charge < -0.3 is 5.32 Å². The summed E-state index contributed by atoms with van der Waals surface area (Å²) in [7, 11) is -3.72. The summed E-state index contributed by atoms with van der Waals surface area (Å²) < 4.78 is 27.8. The zero-order chi connectivity index (χ0) is 21.6. The van der Waals surface area contributed by atoms with Crippen LogP contribution in [0, 0.1) is 6.92 Å². The Kier molecular flexibility index (Phi) is 6.90. The van der Waals surface area contributed by atoms with Gasteiger partial charge in [0.05, 0.1) is 10.6 Å². The van der Waals surface area contributed by atoms with Crippen LogP contribution in [-0.2, 0) is 16.4 Å². The number of aryl methyl sites for hydroxylation is 2. The molecule has 3 aromatic rings. The lowest BCUT2D eigenvalue weighted by Crippen LogP contribution is -2.32. The van der Waals surface area contributed by atoms with Gasteiger partial charge in [-0.25, -0.2) is 8.42 Å². The van der Waals surface area contributed by atoms with Gasteiger partial charge in [0.25, 0.3) is 15.9 Å². The van der Waals surface area contributed by atoms with Crippen LogP contribution >= 0.6 is 0 Å². The van der Waals surface area contributed by atoms with Gasteiger partial charge in [0.1, 0.15) is 0 Å². The van der Waals surface area contributed by atoms with Crippen LogP contribution in [0.3, 0.4) is 0 Å². The summed E-state index contributed by atoms with van der Waals surface area (Å²) in [5, 5.41) is 2.97. The fraction of sp³-hybridized carbons (Fsp3) is 0.208. The van der Waals surface area contributed by atoms with E-state index in [4.69, 9.17) is 0 Å². The molecule has 1 atom stereocenters. The molecule has 0 aliphatic carbocycles. The molecule has 5 nitrogen and oxygen atoms in total. The molecule has 0 saturated carbocycles. The number of carbonyl (C=O) groups excluding carboxylic acids is 1. The van der Waals surface area contributed by atoms with Gasteiger partial charge in [0.2, 0.25) is 0 Å². The molecule has 0 aliphatic rings. The molecule has 1 unspecified atom stereocenters. The van der Waals surface area contributed by atoms with Crippen LogP contribution in [0.5, 0.6) is 0 Å². The third-order valence-corrected chi connectivity index (χ3v) is 6.28. The molecule has 0 radical (unpaired) electrons. The number of carbonyl (C=O) groups is 1. The first-order valence-electron chi connectivity index (χ1n) is 9.88. The van der Waals surface area contributed by atoms with Crippen molar-refractivity contribution in [3.8, 4) is 0 Å². The fourth-order valence-electron chi connectivity index (χ4n) is 3.08. The summed E-state index contributed by atoms with van der Waals surface area (Å²) in [5.41, 5.74) is 3.03. The number of amides is 1. The molecule has 3 rings (SSSR count). The van der Waals surface area contributed by atoms with E-state index in [1.807, 2.05) is 44.2 Å². The highest BCUT2D eigenvalue weighted by Gasteiger charge is 2.16. The topological polar surface area (TPSA) is 75.3 Å². The number of benzene rings is 3. The van der Waals surface area contributed by atoms with Crippen LogP contribution in [-0.4, -0.2) is 20.4 Å². The average molecular weight is 423 g/mol. The van der Waals surface area contributed by atoms with Crippen LogP contribution in [0.15, 0.2) is 83.8 Å². The standard InChI is InChI=1S/C24H26N2O3S/c1-18-8-6-7-11-23(18)26-30(28,29)22-16-14-21(15-17-22)24(27)25-19(2)12-13-20-9-4-3-5-10-20/h3-11,14-17,19,26H,12-13H2,1-2H3,(H,25,27). The number of para-hydroxylation sites is 1. The summed E-state index contributed by atoms with van der Waals surface area (Å²) in [6, 6.07) is 23.3. The Morgan fingerprint density at radius 2 is 1.53 bits per heavy atom. The van der Waals surface area contributed by atoms with Crippen LogP contribution in [0.1, 0.15) is 34.8 Å². The van der Waals surface area contributed by atoms with Crippen molar-refractivity contribution in [3.05, 3.63) is 95.6 Å². The van der Waals surface area contributed by atoms with E-state index < -0.39 is 10.0 Å². The third-order valence-electron chi connectivity index (χ3n) is 4.90. The summed E-state index contributed by atoms with van der Waals surface area (Å²) >= 11 is 0. The maximum absolute atomic E-state index is 12.6. The van der Waals surface area contributed by atoms with Gasteiger partial charge in [-0.1, -0.05) is 48.5 Å². The second kappa shape index (κ2) is 9.59. The minimum Gasteiger partial charge on any atom is -0.350 e. The van der Waals surface area contributed by atoms with Gasteiger partial charge in [-0.15, -0.1) is 0 Å². The minimum absolute atomic E-state index is 0.00355. The molecule has 0 aliphatic heterocycles. The molecule has 0 fully saturated rings. The highest BCUT2D eigenvalue weighted by atomic mass is 32.2. The second-order valence-electron chi connectivity index (χ2n) is 7.34. The van der Waals surface area contributed by atoms with Crippen molar-refractivity contribution in [1.82, 2.24) is 5.32 Å². The quantitative estimate of drug-likeness (QED) is 0.559. The number of nitrogens with one attached hydrogen (secondary N) is 2. The molecule has 0 heterocycles. The van der Waals surface area contributed by atoms with E-state index in [9.17, 15) is 13.2 Å². The number of hydrogen-bond donors (Lipinski definition) is 2. The van der Waals surface area contributed by atoms with Crippen molar-refractivity contribution in [3.63, 3.8) is 0 Å². The Balaban J connectivity index is 1.60. The third kappa shape index (κ3) is 5.70. The van der Waals surface area contributed by atoms with E-state index in [1.165, 1.54) is 29.8 Å². The zero-order valence-electron chi connectivity index (χ0n) is 17.1. The molecule has 3 aromatic carbocycles. The maximum atomic E-state index is 12.6. The number of anilines is 1. The SMILES string of the molecule is Cc1ccccc1NS(=O)(=O)c1ccc(C(=O)NC(C)CCc2ccccc2)cc1. The van der Waals surface area contributed by atoms with Crippen molar-refractivity contribution in [2.24, 2.45) is 0 Å². The molecule has 156 valence electrons. The molecule has 1 amide bonds. The van der Waals surface area contributed by atoms with E-state index in [-0.39, 0.29) is 16.8 Å². The van der Waals surface area contributed by atoms with Crippen molar-refractivity contribution in [2.75, 3.05) is 4.72 Å². The van der Waals surface area contributed by atoms with E-state index in [2.05, 4.69) is 22.2 Å². The Bertz CT molecular complexity index is 1090. The predicted molar refractivity (Wildman–Crippen MR) is 120 cm³/mol. The first kappa shape index (κ1) is 21.6. The molecule has 30 heavy (non-hydrogen) atoms. The Labute approximate surface area is 178 Å². The van der Waals surface area contributed by atoms with Crippen molar-refractivity contribution >= 4 is 21.6 Å². The summed E-state index contributed by atoms with van der Waals surface area (Å²) in [6.45, 7) is 3.80. The van der Waals surface area contributed by atoms with Crippen LogP contribution in [0.4, 0.5) is 5.69 Å². The lowest BCUT2D eigenvalue weighted by Gasteiger charge is -2.14. The zero-order valence-corrected chi connectivity index (χ0v) is 17.9. The highest BCUT2D eigenvalue weighted by Crippen LogP contribution is 2.19. The van der Waals surface area contributed by atoms with Gasteiger partial charge >= 0.3 is 0 Å². The van der Waals surface area contributed by atoms with Gasteiger partial charge in [-0.3, -0.25) is 9.52 Å². The Hall–Kier alpha value is -3.12.